The van der Waals surface area contributed by atoms with Crippen molar-refractivity contribution < 1.29 is 9.84 Å². The van der Waals surface area contributed by atoms with Gasteiger partial charge in [0, 0.05) is 26.8 Å². The molecule has 7 nitrogen and oxygen atoms in total. The van der Waals surface area contributed by atoms with Crippen LogP contribution in [0.3, 0.4) is 0 Å². The molecule has 0 aromatic carbocycles. The quantitative estimate of drug-likeness (QED) is 0.483. The number of hydrogen-bond acceptors (Lipinski definition) is 5. The largest absolute Gasteiger partial charge is 0.393 e. The fourth-order valence-corrected chi connectivity index (χ4v) is 5.03. The van der Waals surface area contributed by atoms with E-state index < -0.39 is 8.07 Å². The van der Waals surface area contributed by atoms with E-state index >= 15 is 0 Å². The summed E-state index contributed by atoms with van der Waals surface area (Å²) < 4.78 is 10.1. The highest BCUT2D eigenvalue weighted by Crippen LogP contribution is 2.41. The first-order valence-corrected chi connectivity index (χ1v) is 14.0. The van der Waals surface area contributed by atoms with Gasteiger partial charge in [-0.2, -0.15) is 0 Å². The van der Waals surface area contributed by atoms with Crippen molar-refractivity contribution in [2.45, 2.75) is 70.6 Å². The van der Waals surface area contributed by atoms with Crippen molar-refractivity contribution in [2.24, 2.45) is 5.92 Å². The molecule has 0 amide bonds. The average molecular weight is 402 g/mol. The highest BCUT2D eigenvalue weighted by atomic mass is 28.3. The van der Waals surface area contributed by atoms with Gasteiger partial charge in [0.25, 0.3) is 0 Å². The molecule has 3 aromatic rings. The minimum Gasteiger partial charge on any atom is -0.393 e. The maximum Gasteiger partial charge on any atom is 0.179 e. The highest BCUT2D eigenvalue weighted by molar-refractivity contribution is 6.76. The van der Waals surface area contributed by atoms with Crippen LogP contribution in [0.2, 0.25) is 25.7 Å². The van der Waals surface area contributed by atoms with E-state index in [1.165, 1.54) is 0 Å². The molecule has 1 N–H and O–H groups in total. The van der Waals surface area contributed by atoms with Gasteiger partial charge in [-0.1, -0.05) is 33.0 Å². The molecule has 1 aliphatic rings. The van der Waals surface area contributed by atoms with Gasteiger partial charge in [-0.25, -0.2) is 4.98 Å². The van der Waals surface area contributed by atoms with Crippen molar-refractivity contribution in [1.82, 2.24) is 24.1 Å². The van der Waals surface area contributed by atoms with Gasteiger partial charge in [-0.05, 0) is 30.9 Å². The minimum absolute atomic E-state index is 0.233. The Morgan fingerprint density at radius 3 is 2.82 bits per heavy atom. The number of aromatic nitrogens is 5. The van der Waals surface area contributed by atoms with Crippen LogP contribution < -0.4 is 0 Å². The van der Waals surface area contributed by atoms with E-state index in [0.29, 0.717) is 12.6 Å². The summed E-state index contributed by atoms with van der Waals surface area (Å²) in [5.74, 6) is 1.62. The standard InChI is InChI=1S/C20H31N5O2Si/c1-5-14-10-15(26)11-16(14)19-23-22-18-12-21-20-17(25(18)19)6-7-24(20)13-27-8-9-28(2,3)4/h6-7,12,14-16,26H,5,8-11,13H2,1-4H3/t14-,15+,16+/m1/s1. The number of ether oxygens (including phenoxy) is 1. The van der Waals surface area contributed by atoms with Gasteiger partial charge in [-0.15, -0.1) is 10.2 Å². The molecule has 0 unspecified atom stereocenters. The van der Waals surface area contributed by atoms with Crippen LogP contribution in [0.5, 0.6) is 0 Å². The Balaban J connectivity index is 1.63. The topological polar surface area (TPSA) is 77.5 Å². The summed E-state index contributed by atoms with van der Waals surface area (Å²) in [6, 6.07) is 3.22. The number of fused-ring (bicyclic) bond motifs is 3. The van der Waals surface area contributed by atoms with E-state index in [-0.39, 0.29) is 12.0 Å². The van der Waals surface area contributed by atoms with Crippen molar-refractivity contribution in [2.75, 3.05) is 6.61 Å². The molecular weight excluding hydrogens is 370 g/mol. The number of nitrogens with zero attached hydrogens (tertiary/aromatic N) is 5. The van der Waals surface area contributed by atoms with Gasteiger partial charge in [-0.3, -0.25) is 4.40 Å². The smallest absolute Gasteiger partial charge is 0.179 e. The van der Waals surface area contributed by atoms with Crippen molar-refractivity contribution in [3.8, 4) is 0 Å². The highest BCUT2D eigenvalue weighted by Gasteiger charge is 2.36. The SMILES string of the molecule is CC[C@@H]1C[C@H](O)C[C@@H]1c1nnc2cnc3c(ccn3COCC[Si](C)(C)C)n12. The Morgan fingerprint density at radius 1 is 1.25 bits per heavy atom. The zero-order chi connectivity index (χ0) is 19.9. The third-order valence-corrected chi connectivity index (χ3v) is 7.63. The number of aliphatic hydroxyl groups is 1. The molecule has 8 heteroatoms. The summed E-state index contributed by atoms with van der Waals surface area (Å²) in [6.45, 7) is 10.5. The Labute approximate surface area is 166 Å². The Kier molecular flexibility index (Phi) is 5.28. The Bertz CT molecular complexity index is 961. The van der Waals surface area contributed by atoms with Crippen LogP contribution in [0.4, 0.5) is 0 Å². The van der Waals surface area contributed by atoms with Crippen LogP contribution in [0.15, 0.2) is 18.5 Å². The van der Waals surface area contributed by atoms with Crippen LogP contribution in [-0.4, -0.2) is 50.0 Å². The molecule has 3 aromatic heterocycles. The number of aliphatic hydroxyl groups excluding tert-OH is 1. The van der Waals surface area contributed by atoms with Crippen LogP contribution in [0.1, 0.15) is 37.9 Å². The molecule has 0 bridgehead atoms. The molecule has 4 rings (SSSR count). The van der Waals surface area contributed by atoms with E-state index in [1.807, 2.05) is 10.8 Å². The fraction of sp³-hybridized carbons (Fsp3) is 0.650. The lowest BCUT2D eigenvalue weighted by molar-refractivity contribution is 0.0899. The molecule has 1 saturated carbocycles. The van der Waals surface area contributed by atoms with E-state index in [1.54, 1.807) is 6.20 Å². The summed E-state index contributed by atoms with van der Waals surface area (Å²) in [5, 5.41) is 19.0. The lowest BCUT2D eigenvalue weighted by atomic mass is 9.93. The van der Waals surface area contributed by atoms with E-state index in [4.69, 9.17) is 4.74 Å². The predicted molar refractivity (Wildman–Crippen MR) is 112 cm³/mol. The summed E-state index contributed by atoms with van der Waals surface area (Å²) in [5.41, 5.74) is 2.65. The molecule has 3 atom stereocenters. The normalized spacial score (nSPS) is 23.2. The first-order chi connectivity index (χ1) is 13.4. The van der Waals surface area contributed by atoms with Gasteiger partial charge in [0.2, 0.25) is 0 Å². The zero-order valence-corrected chi connectivity index (χ0v) is 18.3. The van der Waals surface area contributed by atoms with E-state index in [2.05, 4.69) is 52.2 Å². The maximum atomic E-state index is 10.2. The number of hydrogen-bond donors (Lipinski definition) is 1. The fourth-order valence-electron chi connectivity index (χ4n) is 4.27. The molecule has 0 radical (unpaired) electrons. The molecule has 1 fully saturated rings. The summed E-state index contributed by atoms with van der Waals surface area (Å²) in [6.07, 6.45) is 6.19. The Hall–Kier alpha value is -1.77. The molecule has 0 spiro atoms. The van der Waals surface area contributed by atoms with Gasteiger partial charge in [0.05, 0.1) is 17.8 Å². The first kappa shape index (κ1) is 19.5. The summed E-state index contributed by atoms with van der Waals surface area (Å²) in [7, 11) is -1.09. The van der Waals surface area contributed by atoms with Gasteiger partial charge < -0.3 is 14.4 Å². The molecule has 3 heterocycles. The van der Waals surface area contributed by atoms with E-state index in [9.17, 15) is 5.11 Å². The van der Waals surface area contributed by atoms with Gasteiger partial charge >= 0.3 is 0 Å². The number of rotatable bonds is 7. The van der Waals surface area contributed by atoms with Gasteiger partial charge in [0.15, 0.2) is 11.3 Å². The van der Waals surface area contributed by atoms with Crippen LogP contribution in [-0.2, 0) is 11.5 Å². The van der Waals surface area contributed by atoms with Crippen LogP contribution in [0.25, 0.3) is 16.8 Å². The van der Waals surface area contributed by atoms with Crippen molar-refractivity contribution in [3.63, 3.8) is 0 Å². The Morgan fingerprint density at radius 2 is 2.07 bits per heavy atom. The second-order valence-electron chi connectivity index (χ2n) is 9.25. The third-order valence-electron chi connectivity index (χ3n) is 5.92. The first-order valence-electron chi connectivity index (χ1n) is 10.3. The second kappa shape index (κ2) is 7.57. The summed E-state index contributed by atoms with van der Waals surface area (Å²) in [4.78, 5) is 4.61. The second-order valence-corrected chi connectivity index (χ2v) is 14.9. The lowest BCUT2D eigenvalue weighted by Gasteiger charge is -2.16. The zero-order valence-electron chi connectivity index (χ0n) is 17.3. The van der Waals surface area contributed by atoms with Crippen molar-refractivity contribution in [1.29, 1.82) is 0 Å². The maximum absolute atomic E-state index is 10.2. The summed E-state index contributed by atoms with van der Waals surface area (Å²) >= 11 is 0. The molecule has 1 aliphatic carbocycles. The van der Waals surface area contributed by atoms with Crippen molar-refractivity contribution in [3.05, 3.63) is 24.3 Å². The van der Waals surface area contributed by atoms with E-state index in [0.717, 1.165) is 54.5 Å². The predicted octanol–water partition coefficient (Wildman–Crippen LogP) is 3.66. The molecular formula is C20H31N5O2Si. The lowest BCUT2D eigenvalue weighted by Crippen LogP contribution is -2.22. The minimum atomic E-state index is -1.09. The van der Waals surface area contributed by atoms with Crippen molar-refractivity contribution >= 4 is 24.9 Å². The third kappa shape index (κ3) is 3.73. The van der Waals surface area contributed by atoms with Crippen LogP contribution >= 0.6 is 0 Å². The molecule has 28 heavy (non-hydrogen) atoms. The molecule has 0 saturated heterocycles. The average Bonchev–Trinajstić information content (AvgIpc) is 3.33. The molecule has 152 valence electrons. The van der Waals surface area contributed by atoms with Gasteiger partial charge in [0.1, 0.15) is 12.6 Å². The molecule has 0 aliphatic heterocycles. The van der Waals surface area contributed by atoms with Crippen LogP contribution in [0, 0.1) is 5.92 Å². The monoisotopic (exact) mass is 401 g/mol.